The third kappa shape index (κ3) is 6.09. The molecule has 0 N–H and O–H groups in total. The minimum atomic E-state index is -4.29. The van der Waals surface area contributed by atoms with Gasteiger partial charge >= 0.3 is 5.38 Å². The van der Waals surface area contributed by atoms with E-state index in [4.69, 9.17) is 11.6 Å². The zero-order valence-electron chi connectivity index (χ0n) is 20.6. The molecule has 1 aliphatic rings. The van der Waals surface area contributed by atoms with Crippen LogP contribution in [0.2, 0.25) is 0 Å². The number of hydrogen-bond acceptors (Lipinski definition) is 0. The average molecular weight is 555 g/mol. The summed E-state index contributed by atoms with van der Waals surface area (Å²) in [5.41, 5.74) is -2.31. The maximum absolute atomic E-state index is 15.1. The largest absolute Gasteiger partial charge is 0.353 e. The van der Waals surface area contributed by atoms with Crippen LogP contribution < -0.4 is 0 Å². The Labute approximate surface area is 222 Å². The van der Waals surface area contributed by atoms with Crippen LogP contribution in [0.15, 0.2) is 54.6 Å². The molecular weight excluding hydrogens is 529 g/mol. The Morgan fingerprint density at radius 1 is 0.789 bits per heavy atom. The number of benzene rings is 3. The monoisotopic (exact) mass is 554 g/mol. The molecule has 0 radical (unpaired) electrons. The number of hydrogen-bond donors (Lipinski definition) is 0. The van der Waals surface area contributed by atoms with E-state index >= 15 is 8.78 Å². The Morgan fingerprint density at radius 2 is 1.37 bits per heavy atom. The quantitative estimate of drug-likeness (QED) is 0.155. The van der Waals surface area contributed by atoms with Crippen molar-refractivity contribution < 1.29 is 30.7 Å². The molecule has 0 nitrogen and oxygen atoms in total. The van der Waals surface area contributed by atoms with E-state index in [1.807, 2.05) is 13.0 Å². The van der Waals surface area contributed by atoms with Crippen molar-refractivity contribution in [2.75, 3.05) is 0 Å². The van der Waals surface area contributed by atoms with Crippen LogP contribution in [0.5, 0.6) is 0 Å². The SMILES string of the molecule is C/C=C/CCC1CCC(c2cc(F)c(-c3ccc(-c4cc(F)c(C(F)(F)Cl)c(F)c4)c(F)c3)c(F)c2)CC1. The second-order valence-corrected chi connectivity index (χ2v) is 10.2. The molecule has 8 heteroatoms. The molecule has 3 aromatic carbocycles. The summed E-state index contributed by atoms with van der Waals surface area (Å²) in [4.78, 5) is 0. The predicted octanol–water partition coefficient (Wildman–Crippen LogP) is 10.6. The molecule has 0 aromatic heterocycles. The highest BCUT2D eigenvalue weighted by Gasteiger charge is 2.35. The highest BCUT2D eigenvalue weighted by Crippen LogP contribution is 2.41. The van der Waals surface area contributed by atoms with Gasteiger partial charge in [-0.1, -0.05) is 24.3 Å². The van der Waals surface area contributed by atoms with Gasteiger partial charge in [0.05, 0.1) is 5.56 Å². The first kappa shape index (κ1) is 28.2. The summed E-state index contributed by atoms with van der Waals surface area (Å²) in [6, 6.07) is 6.74. The van der Waals surface area contributed by atoms with Gasteiger partial charge in [-0.3, -0.25) is 0 Å². The summed E-state index contributed by atoms with van der Waals surface area (Å²) in [5.74, 6) is -5.38. The summed E-state index contributed by atoms with van der Waals surface area (Å²) in [5, 5.41) is -4.29. The van der Waals surface area contributed by atoms with Crippen LogP contribution in [0.4, 0.5) is 30.7 Å². The lowest BCUT2D eigenvalue weighted by molar-refractivity contribution is 0.0859. The van der Waals surface area contributed by atoms with Crippen LogP contribution in [-0.2, 0) is 5.38 Å². The summed E-state index contributed by atoms with van der Waals surface area (Å²) in [6.07, 6.45) is 9.95. The molecule has 0 atom stereocenters. The minimum absolute atomic E-state index is 0.0401. The normalized spacial score (nSPS) is 18.3. The van der Waals surface area contributed by atoms with Gasteiger partial charge in [0.2, 0.25) is 0 Å². The van der Waals surface area contributed by atoms with Gasteiger partial charge in [0.25, 0.3) is 0 Å². The summed E-state index contributed by atoms with van der Waals surface area (Å²) in [7, 11) is 0. The molecule has 0 unspecified atom stereocenters. The van der Waals surface area contributed by atoms with Crippen molar-refractivity contribution in [3.05, 3.63) is 94.8 Å². The standard InChI is InChI=1S/C30H26ClF7/c1-2-3-4-5-17-6-8-18(9-7-17)20-13-24(33)28(25(34)14-20)19-10-11-22(23(32)12-19)21-15-26(35)29(27(36)16-21)30(31,37)38/h2-3,10-18H,4-9H2,1H3/b3-2+. The van der Waals surface area contributed by atoms with Gasteiger partial charge in [0.15, 0.2) is 0 Å². The molecule has 202 valence electrons. The smallest absolute Gasteiger partial charge is 0.206 e. The second kappa shape index (κ2) is 11.5. The van der Waals surface area contributed by atoms with Gasteiger partial charge in [-0.25, -0.2) is 22.0 Å². The minimum Gasteiger partial charge on any atom is -0.206 e. The first-order valence-electron chi connectivity index (χ1n) is 12.5. The molecule has 0 aliphatic heterocycles. The Morgan fingerprint density at radius 3 is 1.89 bits per heavy atom. The third-order valence-electron chi connectivity index (χ3n) is 7.25. The molecule has 3 aromatic rings. The van der Waals surface area contributed by atoms with Crippen molar-refractivity contribution in [2.24, 2.45) is 5.92 Å². The predicted molar refractivity (Wildman–Crippen MR) is 136 cm³/mol. The molecule has 4 rings (SSSR count). The number of allylic oxidation sites excluding steroid dienone is 2. The van der Waals surface area contributed by atoms with Gasteiger partial charge in [-0.05, 0) is 116 Å². The van der Waals surface area contributed by atoms with E-state index in [9.17, 15) is 22.0 Å². The Balaban J connectivity index is 1.56. The van der Waals surface area contributed by atoms with E-state index in [2.05, 4.69) is 6.08 Å². The average Bonchev–Trinajstić information content (AvgIpc) is 2.83. The summed E-state index contributed by atoms with van der Waals surface area (Å²) in [6.45, 7) is 1.99. The first-order valence-corrected chi connectivity index (χ1v) is 12.8. The van der Waals surface area contributed by atoms with Gasteiger partial charge in [-0.2, -0.15) is 8.78 Å². The molecule has 1 fully saturated rings. The van der Waals surface area contributed by atoms with E-state index < -0.39 is 45.6 Å². The van der Waals surface area contributed by atoms with E-state index in [1.165, 1.54) is 18.2 Å². The highest BCUT2D eigenvalue weighted by molar-refractivity contribution is 6.21. The van der Waals surface area contributed by atoms with Gasteiger partial charge < -0.3 is 0 Å². The number of alkyl halides is 3. The maximum atomic E-state index is 15.1. The molecule has 38 heavy (non-hydrogen) atoms. The highest BCUT2D eigenvalue weighted by atomic mass is 35.5. The van der Waals surface area contributed by atoms with Crippen LogP contribution in [-0.4, -0.2) is 0 Å². The van der Waals surface area contributed by atoms with Crippen LogP contribution in [0.3, 0.4) is 0 Å². The second-order valence-electron chi connectivity index (χ2n) is 9.73. The zero-order valence-corrected chi connectivity index (χ0v) is 21.4. The van der Waals surface area contributed by atoms with Crippen molar-refractivity contribution in [3.8, 4) is 22.3 Å². The molecule has 0 spiro atoms. The van der Waals surface area contributed by atoms with Crippen molar-refractivity contribution in [2.45, 2.75) is 56.7 Å². The Kier molecular flexibility index (Phi) is 8.55. The van der Waals surface area contributed by atoms with E-state index in [-0.39, 0.29) is 22.6 Å². The fraction of sp³-hybridized carbons (Fsp3) is 0.333. The van der Waals surface area contributed by atoms with Gasteiger partial charge in [0, 0.05) is 5.56 Å². The van der Waals surface area contributed by atoms with Gasteiger partial charge in [0.1, 0.15) is 34.6 Å². The van der Waals surface area contributed by atoms with Gasteiger partial charge in [-0.15, -0.1) is 0 Å². The Hall–Kier alpha value is -2.80. The number of halogens is 8. The van der Waals surface area contributed by atoms with E-state index in [0.717, 1.165) is 50.7 Å². The Bertz CT molecular complexity index is 1290. The summed E-state index contributed by atoms with van der Waals surface area (Å²) < 4.78 is 99.9. The molecule has 0 bridgehead atoms. The van der Waals surface area contributed by atoms with Crippen molar-refractivity contribution in [1.82, 2.24) is 0 Å². The molecular formula is C30H26ClF7. The molecule has 0 saturated heterocycles. The molecule has 1 saturated carbocycles. The third-order valence-corrected chi connectivity index (χ3v) is 7.44. The first-order chi connectivity index (χ1) is 18.0. The maximum Gasteiger partial charge on any atom is 0.353 e. The molecule has 0 amide bonds. The van der Waals surface area contributed by atoms with Crippen LogP contribution in [0.1, 0.15) is 62.5 Å². The van der Waals surface area contributed by atoms with Crippen LogP contribution >= 0.6 is 11.6 Å². The molecule has 0 heterocycles. The fourth-order valence-corrected chi connectivity index (χ4v) is 5.47. The van der Waals surface area contributed by atoms with E-state index in [1.54, 1.807) is 0 Å². The van der Waals surface area contributed by atoms with Crippen LogP contribution in [0, 0.1) is 35.0 Å². The topological polar surface area (TPSA) is 0 Å². The number of rotatable bonds is 7. The zero-order chi connectivity index (χ0) is 27.6. The lowest BCUT2D eigenvalue weighted by Crippen LogP contribution is -2.14. The van der Waals surface area contributed by atoms with Crippen LogP contribution in [0.25, 0.3) is 22.3 Å². The van der Waals surface area contributed by atoms with Crippen molar-refractivity contribution in [1.29, 1.82) is 0 Å². The lowest BCUT2D eigenvalue weighted by atomic mass is 9.77. The summed E-state index contributed by atoms with van der Waals surface area (Å²) >= 11 is 4.75. The fourth-order valence-electron chi connectivity index (χ4n) is 5.29. The van der Waals surface area contributed by atoms with Crippen molar-refractivity contribution in [3.63, 3.8) is 0 Å². The van der Waals surface area contributed by atoms with E-state index in [0.29, 0.717) is 23.6 Å². The van der Waals surface area contributed by atoms with Crippen molar-refractivity contribution >= 4 is 11.6 Å². The molecule has 1 aliphatic carbocycles. The lowest BCUT2D eigenvalue weighted by Gasteiger charge is -2.29.